The minimum Gasteiger partial charge on any atom is -0.378 e. The van der Waals surface area contributed by atoms with Crippen molar-refractivity contribution >= 4 is 11.5 Å². The summed E-state index contributed by atoms with van der Waals surface area (Å²) < 4.78 is 27.7. The summed E-state index contributed by atoms with van der Waals surface area (Å²) in [5.74, 6) is -1.76. The molecule has 6 nitrogen and oxygen atoms in total. The number of hydrogen-bond donors (Lipinski definition) is 1. The van der Waals surface area contributed by atoms with Crippen molar-refractivity contribution in [2.45, 2.75) is 6.54 Å². The van der Waals surface area contributed by atoms with Gasteiger partial charge in [0, 0.05) is 5.56 Å². The summed E-state index contributed by atoms with van der Waals surface area (Å²) in [6.07, 6.45) is 0.939. The van der Waals surface area contributed by atoms with Gasteiger partial charge in [-0.2, -0.15) is 5.10 Å². The van der Waals surface area contributed by atoms with Gasteiger partial charge in [0.15, 0.2) is 0 Å². The molecule has 0 amide bonds. The summed E-state index contributed by atoms with van der Waals surface area (Å²) in [6.45, 7) is -0.307. The molecule has 1 aromatic heterocycles. The molecular weight excluding hydrogens is 246 g/mol. The number of benzene rings is 1. The number of nitrogens with two attached hydrogens (primary N) is 1. The zero-order chi connectivity index (χ0) is 13.3. The molecule has 0 aliphatic heterocycles. The summed E-state index contributed by atoms with van der Waals surface area (Å²) >= 11 is 0. The highest BCUT2D eigenvalue weighted by Crippen LogP contribution is 2.22. The van der Waals surface area contributed by atoms with Crippen LogP contribution < -0.4 is 5.73 Å². The molecule has 0 saturated carbocycles. The average Bonchev–Trinajstić information content (AvgIpc) is 2.66. The number of hydrogen-bond acceptors (Lipinski definition) is 4. The molecule has 0 fully saturated rings. The number of anilines is 1. The van der Waals surface area contributed by atoms with Gasteiger partial charge in [0.05, 0.1) is 11.5 Å². The Hall–Kier alpha value is -2.51. The first kappa shape index (κ1) is 12.0. The van der Waals surface area contributed by atoms with Gasteiger partial charge < -0.3 is 5.73 Å². The third-order valence-corrected chi connectivity index (χ3v) is 2.43. The molecule has 0 saturated heterocycles. The van der Waals surface area contributed by atoms with Gasteiger partial charge in [0.1, 0.15) is 17.8 Å². The smallest absolute Gasteiger partial charge is 0.330 e. The third-order valence-electron chi connectivity index (χ3n) is 2.43. The quantitative estimate of drug-likeness (QED) is 0.667. The molecule has 2 rings (SSSR count). The molecule has 2 N–H and O–H groups in total. The number of rotatable bonds is 3. The number of halogens is 2. The third kappa shape index (κ3) is 1.99. The van der Waals surface area contributed by atoms with Crippen molar-refractivity contribution in [2.75, 3.05) is 5.73 Å². The van der Waals surface area contributed by atoms with Gasteiger partial charge in [-0.3, -0.25) is 10.1 Å². The number of nitrogens with zero attached hydrogens (tertiary/aromatic N) is 3. The zero-order valence-corrected chi connectivity index (χ0v) is 9.01. The fraction of sp³-hybridized carbons (Fsp3) is 0.100. The van der Waals surface area contributed by atoms with Crippen LogP contribution in [0.4, 0.5) is 20.3 Å². The lowest BCUT2D eigenvalue weighted by molar-refractivity contribution is -0.384. The van der Waals surface area contributed by atoms with Crippen molar-refractivity contribution in [3.63, 3.8) is 0 Å². The SMILES string of the molecule is Nc1c([N+](=O)[O-])cnn1Cc1c(F)cccc1F. The molecule has 2 aromatic rings. The molecule has 8 heteroatoms. The van der Waals surface area contributed by atoms with Crippen LogP contribution in [0.15, 0.2) is 24.4 Å². The molecule has 0 aliphatic rings. The minimum absolute atomic E-state index is 0.248. The van der Waals surface area contributed by atoms with E-state index in [1.807, 2.05) is 0 Å². The summed E-state index contributed by atoms with van der Waals surface area (Å²) in [5, 5.41) is 14.2. The van der Waals surface area contributed by atoms with Crippen LogP contribution in [-0.2, 0) is 6.54 Å². The maximum Gasteiger partial charge on any atom is 0.330 e. The highest BCUT2D eigenvalue weighted by Gasteiger charge is 2.19. The van der Waals surface area contributed by atoms with E-state index in [2.05, 4.69) is 5.10 Å². The highest BCUT2D eigenvalue weighted by atomic mass is 19.1. The minimum atomic E-state index is -0.757. The van der Waals surface area contributed by atoms with E-state index in [0.717, 1.165) is 23.0 Å². The van der Waals surface area contributed by atoms with Crippen LogP contribution in [0.25, 0.3) is 0 Å². The van der Waals surface area contributed by atoms with Crippen molar-refractivity contribution in [3.8, 4) is 0 Å². The summed E-state index contributed by atoms with van der Waals surface area (Å²) in [4.78, 5) is 9.83. The molecule has 0 aliphatic carbocycles. The average molecular weight is 254 g/mol. The van der Waals surface area contributed by atoms with E-state index in [1.165, 1.54) is 6.07 Å². The lowest BCUT2D eigenvalue weighted by Gasteiger charge is -2.06. The first-order chi connectivity index (χ1) is 8.50. The van der Waals surface area contributed by atoms with Crippen LogP contribution >= 0.6 is 0 Å². The van der Waals surface area contributed by atoms with Crippen molar-refractivity contribution in [1.82, 2.24) is 9.78 Å². The normalized spacial score (nSPS) is 10.6. The lowest BCUT2D eigenvalue weighted by Crippen LogP contribution is -2.09. The maximum atomic E-state index is 13.4. The molecule has 1 heterocycles. The standard InChI is InChI=1S/C10H8F2N4O2/c11-7-2-1-3-8(12)6(7)5-15-10(13)9(4-14-15)16(17)18/h1-4H,5,13H2. The van der Waals surface area contributed by atoms with E-state index in [9.17, 15) is 18.9 Å². The van der Waals surface area contributed by atoms with Gasteiger partial charge in [-0.25, -0.2) is 13.5 Å². The second kappa shape index (κ2) is 4.40. The lowest BCUT2D eigenvalue weighted by atomic mass is 10.2. The molecule has 0 bridgehead atoms. The van der Waals surface area contributed by atoms with Gasteiger partial charge in [-0.1, -0.05) is 6.07 Å². The second-order valence-corrected chi connectivity index (χ2v) is 3.53. The van der Waals surface area contributed by atoms with Gasteiger partial charge in [-0.05, 0) is 12.1 Å². The van der Waals surface area contributed by atoms with Crippen LogP contribution in [0.5, 0.6) is 0 Å². The Morgan fingerprint density at radius 1 is 1.39 bits per heavy atom. The Bertz CT molecular complexity index is 592. The van der Waals surface area contributed by atoms with E-state index in [4.69, 9.17) is 5.73 Å². The molecule has 1 aromatic carbocycles. The molecule has 0 atom stereocenters. The van der Waals surface area contributed by atoms with Gasteiger partial charge in [0.2, 0.25) is 5.82 Å². The van der Waals surface area contributed by atoms with Gasteiger partial charge >= 0.3 is 5.69 Å². The van der Waals surface area contributed by atoms with E-state index in [1.54, 1.807) is 0 Å². The Morgan fingerprint density at radius 2 is 2.00 bits per heavy atom. The molecule has 0 unspecified atom stereocenters. The Morgan fingerprint density at radius 3 is 2.50 bits per heavy atom. The molecule has 94 valence electrons. The Balaban J connectivity index is 2.38. The predicted molar refractivity (Wildman–Crippen MR) is 58.8 cm³/mol. The zero-order valence-electron chi connectivity index (χ0n) is 9.01. The second-order valence-electron chi connectivity index (χ2n) is 3.53. The largest absolute Gasteiger partial charge is 0.378 e. The van der Waals surface area contributed by atoms with Crippen LogP contribution in [0.3, 0.4) is 0 Å². The van der Waals surface area contributed by atoms with E-state index in [0.29, 0.717) is 0 Å². The van der Waals surface area contributed by atoms with Crippen LogP contribution in [0.1, 0.15) is 5.56 Å². The van der Waals surface area contributed by atoms with E-state index >= 15 is 0 Å². The summed E-state index contributed by atoms with van der Waals surface area (Å²) in [6, 6.07) is 3.40. The highest BCUT2D eigenvalue weighted by molar-refractivity contribution is 5.51. The van der Waals surface area contributed by atoms with Gasteiger partial charge in [-0.15, -0.1) is 0 Å². The predicted octanol–water partition coefficient (Wildman–Crippen LogP) is 1.70. The van der Waals surface area contributed by atoms with E-state index in [-0.39, 0.29) is 17.9 Å². The molecule has 0 spiro atoms. The fourth-order valence-corrected chi connectivity index (χ4v) is 1.48. The molecule has 0 radical (unpaired) electrons. The molecular formula is C10H8F2N4O2. The van der Waals surface area contributed by atoms with Crippen LogP contribution in [-0.4, -0.2) is 14.7 Å². The van der Waals surface area contributed by atoms with E-state index < -0.39 is 22.2 Å². The van der Waals surface area contributed by atoms with Gasteiger partial charge in [0.25, 0.3) is 0 Å². The summed E-state index contributed by atoms with van der Waals surface area (Å²) in [5.41, 5.74) is 4.82. The number of nitrogen functional groups attached to an aromatic ring is 1. The van der Waals surface area contributed by atoms with Crippen molar-refractivity contribution in [2.24, 2.45) is 0 Å². The van der Waals surface area contributed by atoms with Crippen molar-refractivity contribution in [3.05, 3.63) is 51.7 Å². The molecule has 18 heavy (non-hydrogen) atoms. The van der Waals surface area contributed by atoms with Crippen LogP contribution in [0, 0.1) is 21.7 Å². The van der Waals surface area contributed by atoms with Crippen molar-refractivity contribution in [1.29, 1.82) is 0 Å². The number of nitro groups is 1. The maximum absolute atomic E-state index is 13.4. The van der Waals surface area contributed by atoms with Crippen molar-refractivity contribution < 1.29 is 13.7 Å². The Kier molecular flexibility index (Phi) is 2.92. The first-order valence-corrected chi connectivity index (χ1v) is 4.89. The topological polar surface area (TPSA) is 87.0 Å². The summed E-state index contributed by atoms with van der Waals surface area (Å²) in [7, 11) is 0. The Labute approximate surface area is 99.8 Å². The number of aromatic nitrogens is 2. The monoisotopic (exact) mass is 254 g/mol. The fourth-order valence-electron chi connectivity index (χ4n) is 1.48. The first-order valence-electron chi connectivity index (χ1n) is 4.89. The van der Waals surface area contributed by atoms with Crippen LogP contribution in [0.2, 0.25) is 0 Å².